The molecule has 112 valence electrons. The van der Waals surface area contributed by atoms with Gasteiger partial charge in [0, 0.05) is 57.1 Å². The molecule has 0 N–H and O–H groups in total. The number of rotatable bonds is 6. The zero-order valence-electron chi connectivity index (χ0n) is 12.2. The van der Waals surface area contributed by atoms with E-state index in [2.05, 4.69) is 26.9 Å². The van der Waals surface area contributed by atoms with Crippen LogP contribution in [0.2, 0.25) is 0 Å². The number of hydrogen-bond donors (Lipinski definition) is 0. The lowest BCUT2D eigenvalue weighted by Gasteiger charge is -2.32. The van der Waals surface area contributed by atoms with Crippen LogP contribution in [-0.2, 0) is 4.79 Å². The van der Waals surface area contributed by atoms with Gasteiger partial charge in [-0.05, 0) is 31.5 Å². The number of carbonyl (C=O) groups excluding carboxylic acids is 1. The molecule has 1 unspecified atom stereocenters. The molecule has 2 rings (SSSR count). The molecule has 0 bridgehead atoms. The Hall–Kier alpha value is -1.30. The fraction of sp³-hybridized carbons (Fsp3) is 0.923. The minimum atomic E-state index is 0.210. The van der Waals surface area contributed by atoms with Gasteiger partial charge in [-0.25, -0.2) is 0 Å². The van der Waals surface area contributed by atoms with E-state index in [0.717, 1.165) is 52.2 Å². The summed E-state index contributed by atoms with van der Waals surface area (Å²) in [7, 11) is 2.16. The van der Waals surface area contributed by atoms with Gasteiger partial charge in [-0.15, -0.1) is 0 Å². The van der Waals surface area contributed by atoms with Crippen molar-refractivity contribution in [2.75, 3.05) is 59.4 Å². The first kappa shape index (κ1) is 15.1. The Morgan fingerprint density at radius 1 is 1.30 bits per heavy atom. The van der Waals surface area contributed by atoms with Gasteiger partial charge in [0.05, 0.1) is 0 Å². The molecule has 0 aliphatic carbocycles. The van der Waals surface area contributed by atoms with Crippen LogP contribution in [0.5, 0.6) is 0 Å². The van der Waals surface area contributed by atoms with Gasteiger partial charge < -0.3 is 14.7 Å². The number of azide groups is 1. The van der Waals surface area contributed by atoms with Crippen molar-refractivity contribution in [3.63, 3.8) is 0 Å². The molecule has 7 heteroatoms. The van der Waals surface area contributed by atoms with E-state index in [0.29, 0.717) is 13.0 Å². The van der Waals surface area contributed by atoms with Crippen molar-refractivity contribution in [2.45, 2.75) is 12.8 Å². The highest BCUT2D eigenvalue weighted by molar-refractivity contribution is 5.78. The van der Waals surface area contributed by atoms with E-state index in [1.54, 1.807) is 0 Å². The van der Waals surface area contributed by atoms with Crippen molar-refractivity contribution in [1.29, 1.82) is 0 Å². The number of amides is 1. The fourth-order valence-corrected chi connectivity index (χ4v) is 2.90. The number of piperazine rings is 1. The van der Waals surface area contributed by atoms with E-state index in [-0.39, 0.29) is 11.8 Å². The van der Waals surface area contributed by atoms with Crippen LogP contribution in [0.1, 0.15) is 12.8 Å². The van der Waals surface area contributed by atoms with Gasteiger partial charge in [-0.2, -0.15) is 0 Å². The molecule has 0 saturated carbocycles. The van der Waals surface area contributed by atoms with E-state index >= 15 is 0 Å². The maximum absolute atomic E-state index is 11.8. The van der Waals surface area contributed by atoms with Gasteiger partial charge in [-0.1, -0.05) is 5.11 Å². The Balaban J connectivity index is 1.64. The average Bonchev–Trinajstić information content (AvgIpc) is 2.79. The average molecular weight is 280 g/mol. The smallest absolute Gasteiger partial charge is 0.222 e. The van der Waals surface area contributed by atoms with Gasteiger partial charge in [0.1, 0.15) is 0 Å². The SMILES string of the molecule is CN1CCN(CCCN2CC(CN=[N+]=[N-])CC2=O)CC1. The predicted molar refractivity (Wildman–Crippen MR) is 77.3 cm³/mol. The zero-order valence-corrected chi connectivity index (χ0v) is 12.2. The molecule has 1 atom stereocenters. The highest BCUT2D eigenvalue weighted by Gasteiger charge is 2.28. The number of likely N-dealkylation sites (tertiary alicyclic amines) is 1. The van der Waals surface area contributed by atoms with Gasteiger partial charge in [0.25, 0.3) is 0 Å². The molecule has 2 heterocycles. The van der Waals surface area contributed by atoms with Crippen LogP contribution in [0.25, 0.3) is 10.4 Å². The Labute approximate surface area is 120 Å². The third-order valence-corrected chi connectivity index (χ3v) is 4.20. The van der Waals surface area contributed by atoms with Gasteiger partial charge in [0.2, 0.25) is 5.91 Å². The minimum Gasteiger partial charge on any atom is -0.342 e. The molecule has 2 fully saturated rings. The summed E-state index contributed by atoms with van der Waals surface area (Å²) in [5.74, 6) is 0.420. The van der Waals surface area contributed by atoms with Crippen LogP contribution in [0.15, 0.2) is 5.11 Å². The Morgan fingerprint density at radius 3 is 2.75 bits per heavy atom. The van der Waals surface area contributed by atoms with Crippen LogP contribution in [0, 0.1) is 5.92 Å². The van der Waals surface area contributed by atoms with Crippen LogP contribution in [0.3, 0.4) is 0 Å². The normalized spacial score (nSPS) is 24.9. The maximum Gasteiger partial charge on any atom is 0.222 e. The molecular formula is C13H24N6O. The second-order valence-electron chi connectivity index (χ2n) is 5.82. The first-order valence-electron chi connectivity index (χ1n) is 7.38. The summed E-state index contributed by atoms with van der Waals surface area (Å²) >= 11 is 0. The molecule has 20 heavy (non-hydrogen) atoms. The van der Waals surface area contributed by atoms with Crippen LogP contribution in [0.4, 0.5) is 0 Å². The molecule has 1 amide bonds. The monoisotopic (exact) mass is 280 g/mol. The molecule has 0 spiro atoms. The topological polar surface area (TPSA) is 75.6 Å². The first-order valence-corrected chi connectivity index (χ1v) is 7.38. The highest BCUT2D eigenvalue weighted by atomic mass is 16.2. The van der Waals surface area contributed by atoms with Gasteiger partial charge in [-0.3, -0.25) is 4.79 Å². The van der Waals surface area contributed by atoms with E-state index in [1.807, 2.05) is 4.90 Å². The van der Waals surface area contributed by atoms with E-state index < -0.39 is 0 Å². The van der Waals surface area contributed by atoms with E-state index in [4.69, 9.17) is 5.53 Å². The quantitative estimate of drug-likeness (QED) is 0.410. The Kier molecular flexibility index (Phi) is 5.64. The highest BCUT2D eigenvalue weighted by Crippen LogP contribution is 2.18. The number of carbonyl (C=O) groups is 1. The first-order chi connectivity index (χ1) is 9.69. The zero-order chi connectivity index (χ0) is 14.4. The van der Waals surface area contributed by atoms with E-state index in [1.165, 1.54) is 0 Å². The summed E-state index contributed by atoms with van der Waals surface area (Å²) < 4.78 is 0. The lowest BCUT2D eigenvalue weighted by atomic mass is 10.1. The molecular weight excluding hydrogens is 256 g/mol. The molecule has 2 saturated heterocycles. The molecule has 0 aromatic rings. The van der Waals surface area contributed by atoms with Crippen molar-refractivity contribution in [2.24, 2.45) is 11.0 Å². The van der Waals surface area contributed by atoms with Crippen molar-refractivity contribution in [3.05, 3.63) is 10.4 Å². The van der Waals surface area contributed by atoms with Crippen molar-refractivity contribution >= 4 is 5.91 Å². The predicted octanol–water partition coefficient (Wildman–Crippen LogP) is 0.783. The number of nitrogens with zero attached hydrogens (tertiary/aromatic N) is 6. The largest absolute Gasteiger partial charge is 0.342 e. The third-order valence-electron chi connectivity index (χ3n) is 4.20. The van der Waals surface area contributed by atoms with Crippen LogP contribution >= 0.6 is 0 Å². The molecule has 7 nitrogen and oxygen atoms in total. The molecule has 2 aliphatic heterocycles. The molecule has 2 aliphatic rings. The lowest BCUT2D eigenvalue weighted by Crippen LogP contribution is -2.45. The molecule has 0 radical (unpaired) electrons. The standard InChI is InChI=1S/C13H24N6O/c1-17-5-7-18(8-6-17)3-2-4-19-11-12(9-13(19)20)10-15-16-14/h12H,2-11H2,1H3. The summed E-state index contributed by atoms with van der Waals surface area (Å²) in [4.78, 5) is 21.3. The summed E-state index contributed by atoms with van der Waals surface area (Å²) in [6.07, 6.45) is 1.57. The number of likely N-dealkylation sites (N-methyl/N-ethyl adjacent to an activating group) is 1. The second-order valence-corrected chi connectivity index (χ2v) is 5.82. The van der Waals surface area contributed by atoms with Gasteiger partial charge >= 0.3 is 0 Å². The van der Waals surface area contributed by atoms with Crippen LogP contribution in [-0.4, -0.2) is 80.0 Å². The summed E-state index contributed by atoms with van der Waals surface area (Å²) in [6, 6.07) is 0. The summed E-state index contributed by atoms with van der Waals surface area (Å²) in [6.45, 7) is 7.62. The summed E-state index contributed by atoms with van der Waals surface area (Å²) in [5, 5.41) is 3.57. The maximum atomic E-state index is 11.8. The van der Waals surface area contributed by atoms with E-state index in [9.17, 15) is 4.79 Å². The Bertz CT molecular complexity index is 373. The summed E-state index contributed by atoms with van der Waals surface area (Å²) in [5.41, 5.74) is 8.31. The van der Waals surface area contributed by atoms with Crippen molar-refractivity contribution in [1.82, 2.24) is 14.7 Å². The van der Waals surface area contributed by atoms with Crippen LogP contribution < -0.4 is 0 Å². The Morgan fingerprint density at radius 2 is 2.05 bits per heavy atom. The van der Waals surface area contributed by atoms with Crippen molar-refractivity contribution in [3.8, 4) is 0 Å². The minimum absolute atomic E-state index is 0.210. The van der Waals surface area contributed by atoms with Crippen molar-refractivity contribution < 1.29 is 4.79 Å². The number of hydrogen-bond acceptors (Lipinski definition) is 4. The molecule has 0 aromatic heterocycles. The lowest BCUT2D eigenvalue weighted by molar-refractivity contribution is -0.127. The second kappa shape index (κ2) is 7.47. The third kappa shape index (κ3) is 4.37. The van der Waals surface area contributed by atoms with Gasteiger partial charge in [0.15, 0.2) is 0 Å². The molecule has 0 aromatic carbocycles. The fourth-order valence-electron chi connectivity index (χ4n) is 2.90.